The lowest BCUT2D eigenvalue weighted by Gasteiger charge is -2.03. The van der Waals surface area contributed by atoms with E-state index < -0.39 is 0 Å². The highest BCUT2D eigenvalue weighted by molar-refractivity contribution is 7.80. The number of aryl methyl sites for hydroxylation is 1. The van der Waals surface area contributed by atoms with Crippen molar-refractivity contribution in [3.63, 3.8) is 0 Å². The van der Waals surface area contributed by atoms with Crippen LogP contribution in [0.25, 0.3) is 0 Å². The number of nitrogens with zero attached hydrogens (tertiary/aromatic N) is 1. The fraction of sp³-hybridized carbons (Fsp3) is 0.143. The summed E-state index contributed by atoms with van der Waals surface area (Å²) in [5.74, 6) is 0.615. The van der Waals surface area contributed by atoms with Crippen LogP contribution in [0.2, 0.25) is 5.02 Å². The van der Waals surface area contributed by atoms with Crippen LogP contribution >= 0.6 is 23.8 Å². The molecular formula is C7H8ClN3S. The van der Waals surface area contributed by atoms with Crippen molar-refractivity contribution in [1.29, 1.82) is 0 Å². The number of rotatable bonds is 1. The van der Waals surface area contributed by atoms with E-state index in [0.717, 1.165) is 5.69 Å². The predicted octanol–water partition coefficient (Wildman–Crippen LogP) is 1.70. The molecule has 0 aliphatic heterocycles. The van der Waals surface area contributed by atoms with E-state index in [-0.39, 0.29) is 5.11 Å². The Morgan fingerprint density at radius 3 is 2.83 bits per heavy atom. The Labute approximate surface area is 80.9 Å². The zero-order chi connectivity index (χ0) is 9.14. The molecule has 12 heavy (non-hydrogen) atoms. The lowest BCUT2D eigenvalue weighted by Crippen LogP contribution is -2.19. The first-order valence-corrected chi connectivity index (χ1v) is 4.08. The van der Waals surface area contributed by atoms with Gasteiger partial charge in [-0.15, -0.1) is 0 Å². The van der Waals surface area contributed by atoms with Gasteiger partial charge in [-0.1, -0.05) is 11.6 Å². The van der Waals surface area contributed by atoms with E-state index in [2.05, 4.69) is 22.5 Å². The number of anilines is 1. The molecule has 0 aliphatic rings. The maximum Gasteiger partial charge on any atom is 0.169 e. The number of halogens is 1. The number of thiocarbonyl (C=S) groups is 1. The Morgan fingerprint density at radius 1 is 1.67 bits per heavy atom. The van der Waals surface area contributed by atoms with Crippen LogP contribution in [0.15, 0.2) is 12.1 Å². The van der Waals surface area contributed by atoms with Gasteiger partial charge in [0.15, 0.2) is 5.11 Å². The second-order valence-corrected chi connectivity index (χ2v) is 3.10. The molecule has 64 valence electrons. The molecule has 0 atom stereocenters. The van der Waals surface area contributed by atoms with Gasteiger partial charge in [-0.05, 0) is 31.3 Å². The van der Waals surface area contributed by atoms with E-state index in [1.165, 1.54) is 0 Å². The van der Waals surface area contributed by atoms with Gasteiger partial charge in [0, 0.05) is 0 Å². The van der Waals surface area contributed by atoms with Crippen LogP contribution in [-0.2, 0) is 0 Å². The number of nitrogens with two attached hydrogens (primary N) is 1. The minimum atomic E-state index is 0.198. The number of nitrogens with one attached hydrogen (secondary N) is 1. The van der Waals surface area contributed by atoms with Gasteiger partial charge in [-0.3, -0.25) is 0 Å². The molecule has 0 bridgehead atoms. The zero-order valence-corrected chi connectivity index (χ0v) is 8.04. The van der Waals surface area contributed by atoms with Crippen molar-refractivity contribution in [2.45, 2.75) is 6.92 Å². The lowest BCUT2D eigenvalue weighted by molar-refractivity contribution is 1.20. The molecule has 3 N–H and O–H groups in total. The molecule has 0 aromatic carbocycles. The molecule has 1 aromatic rings. The minimum absolute atomic E-state index is 0.198. The molecular weight excluding hydrogens is 194 g/mol. The first kappa shape index (κ1) is 9.22. The summed E-state index contributed by atoms with van der Waals surface area (Å²) in [6, 6.07) is 3.46. The second kappa shape index (κ2) is 3.69. The summed E-state index contributed by atoms with van der Waals surface area (Å²) in [6.45, 7) is 1.81. The molecule has 1 heterocycles. The van der Waals surface area contributed by atoms with E-state index in [4.69, 9.17) is 17.3 Å². The van der Waals surface area contributed by atoms with E-state index >= 15 is 0 Å². The summed E-state index contributed by atoms with van der Waals surface area (Å²) < 4.78 is 0. The van der Waals surface area contributed by atoms with Crippen molar-refractivity contribution >= 4 is 34.7 Å². The van der Waals surface area contributed by atoms with Crippen molar-refractivity contribution in [2.24, 2.45) is 5.73 Å². The van der Waals surface area contributed by atoms with E-state index in [9.17, 15) is 0 Å². The van der Waals surface area contributed by atoms with E-state index in [1.807, 2.05) is 6.92 Å². The molecule has 0 saturated heterocycles. The molecule has 0 radical (unpaired) electrons. The first-order chi connectivity index (χ1) is 5.59. The minimum Gasteiger partial charge on any atom is -0.376 e. The van der Waals surface area contributed by atoms with Crippen molar-refractivity contribution < 1.29 is 0 Å². The Morgan fingerprint density at radius 2 is 2.33 bits per heavy atom. The summed E-state index contributed by atoms with van der Waals surface area (Å²) in [7, 11) is 0. The fourth-order valence-corrected chi connectivity index (χ4v) is 0.950. The van der Waals surface area contributed by atoms with Gasteiger partial charge >= 0.3 is 0 Å². The topological polar surface area (TPSA) is 50.9 Å². The summed E-state index contributed by atoms with van der Waals surface area (Å²) in [5, 5.41) is 3.54. The largest absolute Gasteiger partial charge is 0.376 e. The van der Waals surface area contributed by atoms with Gasteiger partial charge in [0.2, 0.25) is 0 Å². The van der Waals surface area contributed by atoms with Crippen LogP contribution < -0.4 is 11.1 Å². The van der Waals surface area contributed by atoms with Crippen molar-refractivity contribution in [1.82, 2.24) is 4.98 Å². The van der Waals surface area contributed by atoms with Crippen LogP contribution in [0.3, 0.4) is 0 Å². The summed E-state index contributed by atoms with van der Waals surface area (Å²) >= 11 is 10.4. The highest BCUT2D eigenvalue weighted by atomic mass is 35.5. The monoisotopic (exact) mass is 201 g/mol. The van der Waals surface area contributed by atoms with Crippen molar-refractivity contribution in [3.05, 3.63) is 22.8 Å². The lowest BCUT2D eigenvalue weighted by atomic mass is 10.4. The Bertz CT molecular complexity index is 314. The third-order valence-electron chi connectivity index (χ3n) is 1.27. The average Bonchev–Trinajstić information content (AvgIpc) is 1.96. The van der Waals surface area contributed by atoms with Crippen LogP contribution in [0.4, 0.5) is 5.82 Å². The quantitative estimate of drug-likeness (QED) is 0.680. The molecule has 0 unspecified atom stereocenters. The highest BCUT2D eigenvalue weighted by Crippen LogP contribution is 2.14. The van der Waals surface area contributed by atoms with Crippen molar-refractivity contribution in [3.8, 4) is 0 Å². The molecule has 1 rings (SSSR count). The van der Waals surface area contributed by atoms with Gasteiger partial charge < -0.3 is 11.1 Å². The molecule has 5 heteroatoms. The van der Waals surface area contributed by atoms with Gasteiger partial charge in [0.25, 0.3) is 0 Å². The van der Waals surface area contributed by atoms with Crippen molar-refractivity contribution in [2.75, 3.05) is 5.32 Å². The number of hydrogen-bond acceptors (Lipinski definition) is 2. The SMILES string of the molecule is Cc1nc(NC(N)=S)ccc1Cl. The van der Waals surface area contributed by atoms with Crippen LogP contribution in [0.1, 0.15) is 5.69 Å². The van der Waals surface area contributed by atoms with E-state index in [0.29, 0.717) is 10.8 Å². The molecule has 0 spiro atoms. The van der Waals surface area contributed by atoms with Crippen LogP contribution in [0.5, 0.6) is 0 Å². The standard InChI is InChI=1S/C7H8ClN3S/c1-4-5(8)2-3-6(10-4)11-7(9)12/h2-3H,1H3,(H3,9,10,11,12). The van der Waals surface area contributed by atoms with E-state index in [1.54, 1.807) is 12.1 Å². The van der Waals surface area contributed by atoms with Gasteiger partial charge in [0.1, 0.15) is 5.82 Å². The maximum absolute atomic E-state index is 5.76. The van der Waals surface area contributed by atoms with Crippen LogP contribution in [-0.4, -0.2) is 10.1 Å². The third kappa shape index (κ3) is 2.32. The number of pyridine rings is 1. The first-order valence-electron chi connectivity index (χ1n) is 3.29. The normalized spacial score (nSPS) is 9.50. The molecule has 0 amide bonds. The third-order valence-corrected chi connectivity index (χ3v) is 1.77. The molecule has 0 aliphatic carbocycles. The molecule has 0 saturated carbocycles. The van der Waals surface area contributed by atoms with Gasteiger partial charge in [-0.25, -0.2) is 4.98 Å². The summed E-state index contributed by atoms with van der Waals surface area (Å²) in [4.78, 5) is 4.10. The summed E-state index contributed by atoms with van der Waals surface area (Å²) in [6.07, 6.45) is 0. The number of aromatic nitrogens is 1. The second-order valence-electron chi connectivity index (χ2n) is 2.25. The Kier molecular flexibility index (Phi) is 2.83. The average molecular weight is 202 g/mol. The fourth-order valence-electron chi connectivity index (χ4n) is 0.740. The molecule has 3 nitrogen and oxygen atoms in total. The Balaban J connectivity index is 2.89. The predicted molar refractivity (Wildman–Crippen MR) is 54.4 cm³/mol. The molecule has 0 fully saturated rings. The maximum atomic E-state index is 5.76. The van der Waals surface area contributed by atoms with Gasteiger partial charge in [-0.2, -0.15) is 0 Å². The number of hydrogen-bond donors (Lipinski definition) is 2. The van der Waals surface area contributed by atoms with Crippen LogP contribution in [0, 0.1) is 6.92 Å². The smallest absolute Gasteiger partial charge is 0.169 e. The zero-order valence-electron chi connectivity index (χ0n) is 6.47. The van der Waals surface area contributed by atoms with Gasteiger partial charge in [0.05, 0.1) is 10.7 Å². The Hall–Kier alpha value is -0.870. The highest BCUT2D eigenvalue weighted by Gasteiger charge is 1.98. The summed E-state index contributed by atoms with van der Waals surface area (Å²) in [5.41, 5.74) is 6.01. The molecule has 1 aromatic heterocycles.